The van der Waals surface area contributed by atoms with Gasteiger partial charge in [0.1, 0.15) is 5.75 Å². The minimum Gasteiger partial charge on any atom is -0.508 e. The Labute approximate surface area is 238 Å². The number of hydrogen-bond acceptors (Lipinski definition) is 8. The number of benzene rings is 3. The number of nitrogens with one attached hydrogen (secondary N) is 3. The molecule has 0 spiro atoms. The maximum absolute atomic E-state index is 14.3. The fourth-order valence-electron chi connectivity index (χ4n) is 4.47. The molecule has 5 rings (SSSR count). The highest BCUT2D eigenvalue weighted by molar-refractivity contribution is 5.96. The van der Waals surface area contributed by atoms with Gasteiger partial charge in [0.15, 0.2) is 11.6 Å². The molecule has 4 aromatic rings. The number of aryl methyl sites for hydroxylation is 1. The van der Waals surface area contributed by atoms with Gasteiger partial charge < -0.3 is 20.1 Å². The Morgan fingerprint density at radius 3 is 2.50 bits per heavy atom. The van der Waals surface area contributed by atoms with Crippen LogP contribution in [0.25, 0.3) is 11.1 Å². The van der Waals surface area contributed by atoms with Gasteiger partial charge >= 0.3 is 6.18 Å². The van der Waals surface area contributed by atoms with Gasteiger partial charge in [-0.25, -0.2) is 9.37 Å². The van der Waals surface area contributed by atoms with Crippen molar-refractivity contribution in [1.82, 2.24) is 15.4 Å². The number of alkyl halides is 3. The van der Waals surface area contributed by atoms with Gasteiger partial charge in [-0.3, -0.25) is 15.6 Å². The minimum absolute atomic E-state index is 0.00531. The minimum atomic E-state index is -4.59. The lowest BCUT2D eigenvalue weighted by molar-refractivity contribution is -0.137. The van der Waals surface area contributed by atoms with E-state index in [4.69, 9.17) is 4.74 Å². The molecule has 1 saturated heterocycles. The molecule has 1 aliphatic rings. The van der Waals surface area contributed by atoms with Crippen LogP contribution in [-0.2, 0) is 10.9 Å². The van der Waals surface area contributed by atoms with Crippen LogP contribution in [0.4, 0.5) is 40.7 Å². The molecule has 13 heteroatoms. The molecule has 218 valence electrons. The number of hydrazine groups is 1. The Balaban J connectivity index is 1.30. The van der Waals surface area contributed by atoms with Crippen molar-refractivity contribution in [3.63, 3.8) is 0 Å². The lowest BCUT2D eigenvalue weighted by Crippen LogP contribution is -2.38. The van der Waals surface area contributed by atoms with E-state index in [0.29, 0.717) is 43.1 Å². The third-order valence-corrected chi connectivity index (χ3v) is 6.52. The number of rotatable bonds is 7. The summed E-state index contributed by atoms with van der Waals surface area (Å²) in [4.78, 5) is 22.6. The van der Waals surface area contributed by atoms with Gasteiger partial charge in [0.25, 0.3) is 5.91 Å². The Hall–Kier alpha value is -4.91. The summed E-state index contributed by atoms with van der Waals surface area (Å²) in [6, 6.07) is 14.2. The van der Waals surface area contributed by atoms with E-state index in [0.717, 1.165) is 18.3 Å². The van der Waals surface area contributed by atoms with Gasteiger partial charge in [-0.15, -0.1) is 0 Å². The number of halogens is 4. The predicted octanol–water partition coefficient (Wildman–Crippen LogP) is 5.65. The number of carbonyl (C=O) groups excluding carboxylic acids is 1. The van der Waals surface area contributed by atoms with Crippen molar-refractivity contribution in [3.8, 4) is 16.9 Å². The molecule has 1 fully saturated rings. The van der Waals surface area contributed by atoms with Crippen LogP contribution in [0.1, 0.15) is 21.5 Å². The van der Waals surface area contributed by atoms with Crippen molar-refractivity contribution >= 4 is 29.0 Å². The Bertz CT molecular complexity index is 1610. The van der Waals surface area contributed by atoms with E-state index in [1.54, 1.807) is 36.1 Å². The molecule has 1 amide bonds. The van der Waals surface area contributed by atoms with Crippen LogP contribution in [0.3, 0.4) is 0 Å². The highest BCUT2D eigenvalue weighted by Crippen LogP contribution is 2.36. The van der Waals surface area contributed by atoms with Crippen LogP contribution in [0.5, 0.6) is 5.75 Å². The summed E-state index contributed by atoms with van der Waals surface area (Å²) >= 11 is 0. The zero-order valence-corrected chi connectivity index (χ0v) is 22.3. The maximum atomic E-state index is 14.3. The number of ether oxygens (including phenoxy) is 1. The summed E-state index contributed by atoms with van der Waals surface area (Å²) in [5.74, 6) is -1.10. The van der Waals surface area contributed by atoms with Crippen LogP contribution in [-0.4, -0.2) is 47.3 Å². The standard InChI is InChI=1S/C29H26F4N6O3/c1-17-11-21(35-22-13-19(12-20(15-22)29(31,32)33)18-3-2-4-23(40)14-18)5-6-24(17)27(41)37-38-28-34-16-25(30)26(36-28)39-7-9-42-10-8-39/h2-6,11-16,35,40H,7-10H2,1H3,(H,37,41)(H,34,36,38). The fourth-order valence-corrected chi connectivity index (χ4v) is 4.47. The summed E-state index contributed by atoms with van der Waals surface area (Å²) in [6.45, 7) is 3.50. The van der Waals surface area contributed by atoms with Crippen LogP contribution in [0, 0.1) is 12.7 Å². The van der Waals surface area contributed by atoms with Gasteiger partial charge in [0.2, 0.25) is 5.95 Å². The number of morpholine rings is 1. The number of amides is 1. The van der Waals surface area contributed by atoms with Crippen molar-refractivity contribution in [3.05, 3.63) is 89.4 Å². The first kappa shape index (κ1) is 28.6. The summed E-state index contributed by atoms with van der Waals surface area (Å²) < 4.78 is 60.5. The number of nitrogens with zero attached hydrogens (tertiary/aromatic N) is 3. The molecule has 0 aliphatic carbocycles. The van der Waals surface area contributed by atoms with E-state index in [2.05, 4.69) is 26.1 Å². The first-order chi connectivity index (χ1) is 20.1. The average Bonchev–Trinajstić information content (AvgIpc) is 2.96. The van der Waals surface area contributed by atoms with Gasteiger partial charge in [-0.1, -0.05) is 12.1 Å². The molecule has 4 N–H and O–H groups in total. The topological polar surface area (TPSA) is 112 Å². The summed E-state index contributed by atoms with van der Waals surface area (Å²) in [5.41, 5.74) is 6.35. The SMILES string of the molecule is Cc1cc(Nc2cc(-c3cccc(O)c3)cc(C(F)(F)F)c2)ccc1C(=O)NNc1ncc(F)c(N2CCOCC2)n1. The average molecular weight is 583 g/mol. The monoisotopic (exact) mass is 582 g/mol. The zero-order valence-electron chi connectivity index (χ0n) is 22.3. The molecule has 1 aliphatic heterocycles. The number of phenolic OH excluding ortho intramolecular Hbond substituents is 1. The molecule has 1 aromatic heterocycles. The van der Waals surface area contributed by atoms with E-state index < -0.39 is 23.5 Å². The highest BCUT2D eigenvalue weighted by atomic mass is 19.4. The molecule has 3 aromatic carbocycles. The first-order valence-electron chi connectivity index (χ1n) is 12.9. The normalized spacial score (nSPS) is 13.5. The zero-order chi connectivity index (χ0) is 29.9. The fraction of sp³-hybridized carbons (Fsp3) is 0.207. The molecule has 0 saturated carbocycles. The van der Waals surface area contributed by atoms with Crippen molar-refractivity contribution < 1.29 is 32.2 Å². The van der Waals surface area contributed by atoms with E-state index >= 15 is 0 Å². The Kier molecular flexibility index (Phi) is 8.11. The quantitative estimate of drug-likeness (QED) is 0.163. The smallest absolute Gasteiger partial charge is 0.416 e. The van der Waals surface area contributed by atoms with E-state index in [1.807, 2.05) is 0 Å². The van der Waals surface area contributed by atoms with Crippen LogP contribution in [0.15, 0.2) is 66.9 Å². The maximum Gasteiger partial charge on any atom is 0.416 e. The van der Waals surface area contributed by atoms with Gasteiger partial charge in [-0.05, 0) is 72.1 Å². The van der Waals surface area contributed by atoms with E-state index in [9.17, 15) is 27.5 Å². The summed E-state index contributed by atoms with van der Waals surface area (Å²) in [6.07, 6.45) is -3.58. The molecule has 42 heavy (non-hydrogen) atoms. The molecular weight excluding hydrogens is 556 g/mol. The van der Waals surface area contributed by atoms with Crippen molar-refractivity contribution in [2.75, 3.05) is 41.9 Å². The van der Waals surface area contributed by atoms with E-state index in [-0.39, 0.29) is 34.3 Å². The van der Waals surface area contributed by atoms with Gasteiger partial charge in [0, 0.05) is 30.0 Å². The molecule has 2 heterocycles. The Morgan fingerprint density at radius 2 is 1.79 bits per heavy atom. The molecule has 9 nitrogen and oxygen atoms in total. The number of hydrogen-bond donors (Lipinski definition) is 4. The number of aromatic hydroxyl groups is 1. The van der Waals surface area contributed by atoms with Crippen molar-refractivity contribution in [1.29, 1.82) is 0 Å². The predicted molar refractivity (Wildman–Crippen MR) is 149 cm³/mol. The second kappa shape index (κ2) is 11.9. The van der Waals surface area contributed by atoms with Crippen molar-refractivity contribution in [2.45, 2.75) is 13.1 Å². The summed E-state index contributed by atoms with van der Waals surface area (Å²) in [7, 11) is 0. The first-order valence-corrected chi connectivity index (χ1v) is 12.9. The van der Waals surface area contributed by atoms with Crippen LogP contribution in [0.2, 0.25) is 0 Å². The third kappa shape index (κ3) is 6.69. The van der Waals surface area contributed by atoms with Crippen LogP contribution >= 0.6 is 0 Å². The Morgan fingerprint density at radius 1 is 1.00 bits per heavy atom. The highest BCUT2D eigenvalue weighted by Gasteiger charge is 2.31. The largest absolute Gasteiger partial charge is 0.508 e. The van der Waals surface area contributed by atoms with Crippen LogP contribution < -0.4 is 21.1 Å². The van der Waals surface area contributed by atoms with Gasteiger partial charge in [0.05, 0.1) is 25.0 Å². The number of carbonyl (C=O) groups is 1. The lowest BCUT2D eigenvalue weighted by Gasteiger charge is -2.28. The molecule has 0 radical (unpaired) electrons. The van der Waals surface area contributed by atoms with E-state index in [1.165, 1.54) is 24.3 Å². The number of aromatic nitrogens is 2. The molecular formula is C29H26F4N6O3. The molecule has 0 atom stereocenters. The van der Waals surface area contributed by atoms with Gasteiger partial charge in [-0.2, -0.15) is 18.2 Å². The molecule has 0 unspecified atom stereocenters. The third-order valence-electron chi connectivity index (χ3n) is 6.52. The lowest BCUT2D eigenvalue weighted by atomic mass is 10.0. The second-order valence-electron chi connectivity index (χ2n) is 9.55. The molecule has 0 bridgehead atoms. The second-order valence-corrected chi connectivity index (χ2v) is 9.55. The van der Waals surface area contributed by atoms with Crippen molar-refractivity contribution in [2.24, 2.45) is 0 Å². The summed E-state index contributed by atoms with van der Waals surface area (Å²) in [5, 5.41) is 12.8. The number of phenols is 1. The number of anilines is 4.